The number of halogens is 2. The minimum Gasteiger partial charge on any atom is -0.382 e. The van der Waals surface area contributed by atoms with Gasteiger partial charge in [0.25, 0.3) is 0 Å². The zero-order valence-corrected chi connectivity index (χ0v) is 16.1. The summed E-state index contributed by atoms with van der Waals surface area (Å²) in [6, 6.07) is 12.9. The van der Waals surface area contributed by atoms with Crippen molar-refractivity contribution in [2.75, 3.05) is 5.73 Å². The number of aromatic nitrogens is 4. The predicted octanol–water partition coefficient (Wildman–Crippen LogP) is 4.89. The Kier molecular flexibility index (Phi) is 6.18. The minimum atomic E-state index is -0.370. The fourth-order valence-electron chi connectivity index (χ4n) is 2.61. The summed E-state index contributed by atoms with van der Waals surface area (Å²) in [6.45, 7) is 0. The summed E-state index contributed by atoms with van der Waals surface area (Å²) in [6.07, 6.45) is 7.85. The van der Waals surface area contributed by atoms with E-state index in [1.165, 1.54) is 30.2 Å². The Bertz CT molecular complexity index is 1080. The zero-order chi connectivity index (χ0) is 18.6. The Labute approximate surface area is 171 Å². The smallest absolute Gasteiger partial charge is 0.141 e. The molecule has 2 heterocycles. The Morgan fingerprint density at radius 1 is 0.857 bits per heavy atom. The van der Waals surface area contributed by atoms with Gasteiger partial charge in [-0.2, -0.15) is 0 Å². The molecular weight excluding hydrogens is 397 g/mol. The predicted molar refractivity (Wildman–Crippen MR) is 111 cm³/mol. The Hall–Kier alpha value is -3.03. The number of nitrogen functional groups attached to an aromatic ring is 1. The van der Waals surface area contributed by atoms with Crippen molar-refractivity contribution in [2.24, 2.45) is 0 Å². The van der Waals surface area contributed by atoms with Crippen LogP contribution in [0.15, 0.2) is 83.4 Å². The molecule has 0 unspecified atom stereocenters. The third-order valence-electron chi connectivity index (χ3n) is 3.87. The first-order chi connectivity index (χ1) is 13.2. The molecule has 4 aromatic rings. The molecule has 0 amide bonds. The quantitative estimate of drug-likeness (QED) is 0.515. The SMILES string of the molecule is Cl.Nc1cnc(-c2ccc(-c3ccccc3Sc3cnccn3)cc2F)cn1. The van der Waals surface area contributed by atoms with E-state index in [1.54, 1.807) is 24.7 Å². The van der Waals surface area contributed by atoms with Crippen LogP contribution >= 0.6 is 24.2 Å². The normalized spacial score (nSPS) is 10.3. The second-order valence-electron chi connectivity index (χ2n) is 5.66. The van der Waals surface area contributed by atoms with Crippen LogP contribution in [0.2, 0.25) is 0 Å². The van der Waals surface area contributed by atoms with Crippen LogP contribution in [0.25, 0.3) is 22.4 Å². The van der Waals surface area contributed by atoms with Crippen molar-refractivity contribution in [1.29, 1.82) is 0 Å². The van der Waals surface area contributed by atoms with Gasteiger partial charge in [-0.25, -0.2) is 14.4 Å². The van der Waals surface area contributed by atoms with E-state index in [0.29, 0.717) is 17.1 Å². The van der Waals surface area contributed by atoms with Gasteiger partial charge < -0.3 is 5.73 Å². The molecule has 0 atom stereocenters. The zero-order valence-electron chi connectivity index (χ0n) is 14.5. The fourth-order valence-corrected chi connectivity index (χ4v) is 3.51. The van der Waals surface area contributed by atoms with E-state index in [-0.39, 0.29) is 18.2 Å². The summed E-state index contributed by atoms with van der Waals surface area (Å²) in [5, 5.41) is 0.777. The van der Waals surface area contributed by atoms with E-state index in [4.69, 9.17) is 5.73 Å². The van der Waals surface area contributed by atoms with Crippen LogP contribution in [0.1, 0.15) is 0 Å². The molecule has 0 radical (unpaired) electrons. The van der Waals surface area contributed by atoms with Crippen molar-refractivity contribution >= 4 is 30.0 Å². The van der Waals surface area contributed by atoms with Crippen LogP contribution in [0.5, 0.6) is 0 Å². The topological polar surface area (TPSA) is 77.6 Å². The molecule has 2 N–H and O–H groups in total. The molecule has 4 rings (SSSR count). The summed E-state index contributed by atoms with van der Waals surface area (Å²) in [5.41, 5.74) is 8.05. The van der Waals surface area contributed by atoms with Crippen molar-refractivity contribution < 1.29 is 4.39 Å². The van der Waals surface area contributed by atoms with Crippen LogP contribution in [0.4, 0.5) is 10.2 Å². The first kappa shape index (κ1) is 19.7. The molecule has 0 aliphatic rings. The number of nitrogens with zero attached hydrogens (tertiary/aromatic N) is 4. The van der Waals surface area contributed by atoms with Crippen molar-refractivity contribution in [3.63, 3.8) is 0 Å². The molecule has 0 bridgehead atoms. The molecule has 5 nitrogen and oxygen atoms in total. The number of hydrogen-bond donors (Lipinski definition) is 1. The van der Waals surface area contributed by atoms with Gasteiger partial charge in [-0.3, -0.25) is 9.97 Å². The van der Waals surface area contributed by atoms with Crippen LogP contribution in [0.3, 0.4) is 0 Å². The average molecular weight is 412 g/mol. The van der Waals surface area contributed by atoms with Crippen molar-refractivity contribution in [2.45, 2.75) is 9.92 Å². The number of anilines is 1. The summed E-state index contributed by atoms with van der Waals surface area (Å²) < 4.78 is 14.8. The molecule has 0 aliphatic heterocycles. The van der Waals surface area contributed by atoms with Crippen molar-refractivity contribution in [1.82, 2.24) is 19.9 Å². The maximum Gasteiger partial charge on any atom is 0.141 e. The molecule has 28 heavy (non-hydrogen) atoms. The lowest BCUT2D eigenvalue weighted by molar-refractivity contribution is 0.631. The lowest BCUT2D eigenvalue weighted by Crippen LogP contribution is -1.94. The van der Waals surface area contributed by atoms with Gasteiger partial charge in [-0.1, -0.05) is 36.0 Å². The molecule has 2 aromatic heterocycles. The second kappa shape index (κ2) is 8.77. The standard InChI is InChI=1S/C20H14FN5S.ClH/c21-16-9-13(5-6-15(16)17-10-26-19(22)11-25-17)14-3-1-2-4-18(14)27-20-12-23-7-8-24-20;/h1-12H,(H2,22,26);1H. The van der Waals surface area contributed by atoms with E-state index < -0.39 is 0 Å². The average Bonchev–Trinajstić information content (AvgIpc) is 2.70. The van der Waals surface area contributed by atoms with Gasteiger partial charge in [0.2, 0.25) is 0 Å². The Morgan fingerprint density at radius 2 is 1.71 bits per heavy atom. The minimum absolute atomic E-state index is 0. The van der Waals surface area contributed by atoms with Crippen molar-refractivity contribution in [3.8, 4) is 22.4 Å². The summed E-state index contributed by atoms with van der Waals surface area (Å²) in [7, 11) is 0. The van der Waals surface area contributed by atoms with E-state index in [2.05, 4.69) is 19.9 Å². The molecule has 2 aromatic carbocycles. The molecule has 0 fully saturated rings. The van der Waals surface area contributed by atoms with E-state index in [1.807, 2.05) is 30.3 Å². The molecular formula is C20H15ClFN5S. The molecule has 140 valence electrons. The van der Waals surface area contributed by atoms with Gasteiger partial charge in [0, 0.05) is 22.9 Å². The lowest BCUT2D eigenvalue weighted by atomic mass is 10.0. The monoisotopic (exact) mass is 411 g/mol. The highest BCUT2D eigenvalue weighted by molar-refractivity contribution is 7.99. The first-order valence-electron chi connectivity index (χ1n) is 8.11. The van der Waals surface area contributed by atoms with E-state index >= 15 is 0 Å². The number of benzene rings is 2. The van der Waals surface area contributed by atoms with Crippen LogP contribution in [0, 0.1) is 5.82 Å². The van der Waals surface area contributed by atoms with Gasteiger partial charge in [0.1, 0.15) is 16.7 Å². The lowest BCUT2D eigenvalue weighted by Gasteiger charge is -2.10. The number of hydrogen-bond acceptors (Lipinski definition) is 6. The number of rotatable bonds is 4. The maximum absolute atomic E-state index is 14.8. The van der Waals surface area contributed by atoms with Gasteiger partial charge >= 0.3 is 0 Å². The molecule has 0 saturated heterocycles. The second-order valence-corrected chi connectivity index (χ2v) is 6.73. The molecule has 0 spiro atoms. The highest BCUT2D eigenvalue weighted by Gasteiger charge is 2.12. The summed E-state index contributed by atoms with van der Waals surface area (Å²) in [5.74, 6) is -0.0726. The van der Waals surface area contributed by atoms with Crippen LogP contribution in [-0.2, 0) is 0 Å². The molecule has 8 heteroatoms. The maximum atomic E-state index is 14.8. The van der Waals surface area contributed by atoms with E-state index in [0.717, 1.165) is 21.0 Å². The van der Waals surface area contributed by atoms with Gasteiger partial charge in [0.15, 0.2) is 0 Å². The Morgan fingerprint density at radius 3 is 2.43 bits per heavy atom. The van der Waals surface area contributed by atoms with E-state index in [9.17, 15) is 4.39 Å². The van der Waals surface area contributed by atoms with Crippen LogP contribution < -0.4 is 5.73 Å². The van der Waals surface area contributed by atoms with Crippen LogP contribution in [-0.4, -0.2) is 19.9 Å². The number of nitrogens with two attached hydrogens (primary N) is 1. The third-order valence-corrected chi connectivity index (χ3v) is 4.86. The molecule has 0 aliphatic carbocycles. The fraction of sp³-hybridized carbons (Fsp3) is 0. The first-order valence-corrected chi connectivity index (χ1v) is 8.93. The Balaban J connectivity index is 0.00000225. The third kappa shape index (κ3) is 4.27. The highest BCUT2D eigenvalue weighted by atomic mass is 35.5. The van der Waals surface area contributed by atoms with Gasteiger partial charge in [0.05, 0.1) is 24.3 Å². The molecule has 0 saturated carbocycles. The van der Waals surface area contributed by atoms with Crippen molar-refractivity contribution in [3.05, 3.63) is 79.3 Å². The summed E-state index contributed by atoms with van der Waals surface area (Å²) in [4.78, 5) is 17.5. The highest BCUT2D eigenvalue weighted by Crippen LogP contribution is 2.36. The largest absolute Gasteiger partial charge is 0.382 e. The van der Waals surface area contributed by atoms with Gasteiger partial charge in [-0.15, -0.1) is 12.4 Å². The van der Waals surface area contributed by atoms with Gasteiger partial charge in [-0.05, 0) is 29.3 Å². The summed E-state index contributed by atoms with van der Waals surface area (Å²) >= 11 is 1.48.